The van der Waals surface area contributed by atoms with Crippen LogP contribution in [0.1, 0.15) is 39.2 Å². The van der Waals surface area contributed by atoms with Gasteiger partial charge in [-0.15, -0.1) is 0 Å². The molecule has 0 aromatic heterocycles. The van der Waals surface area contributed by atoms with Crippen molar-refractivity contribution < 1.29 is 9.53 Å². The third kappa shape index (κ3) is 4.34. The molecule has 0 bridgehead atoms. The highest BCUT2D eigenvalue weighted by Crippen LogP contribution is 2.24. The van der Waals surface area contributed by atoms with E-state index in [1.807, 2.05) is 63.3 Å². The molecule has 0 saturated carbocycles. The predicted octanol–water partition coefficient (Wildman–Crippen LogP) is 3.78. The van der Waals surface area contributed by atoms with Crippen molar-refractivity contribution >= 4 is 12.2 Å². The molecule has 0 aliphatic carbocycles. The van der Waals surface area contributed by atoms with Crippen molar-refractivity contribution in [1.82, 2.24) is 0 Å². The number of esters is 1. The number of hydrogen-bond acceptors (Lipinski definition) is 3. The number of carbonyl (C=O) groups is 1. The van der Waals surface area contributed by atoms with E-state index >= 15 is 0 Å². The van der Waals surface area contributed by atoms with E-state index in [1.54, 1.807) is 6.21 Å². The first kappa shape index (κ1) is 16.2. The van der Waals surface area contributed by atoms with E-state index < -0.39 is 5.54 Å². The summed E-state index contributed by atoms with van der Waals surface area (Å²) in [6.07, 6.45) is 6.82. The van der Waals surface area contributed by atoms with Crippen molar-refractivity contribution in [2.45, 2.75) is 39.2 Å². The molecule has 20 heavy (non-hydrogen) atoms. The van der Waals surface area contributed by atoms with Gasteiger partial charge >= 0.3 is 5.97 Å². The molecule has 0 saturated heterocycles. The van der Waals surface area contributed by atoms with Gasteiger partial charge < -0.3 is 4.74 Å². The second kappa shape index (κ2) is 8.31. The molecule has 1 aromatic carbocycles. The van der Waals surface area contributed by atoms with Gasteiger partial charge in [-0.05, 0) is 25.8 Å². The summed E-state index contributed by atoms with van der Waals surface area (Å²) >= 11 is 0. The summed E-state index contributed by atoms with van der Waals surface area (Å²) in [7, 11) is 0. The molecular weight excluding hydrogens is 250 g/mol. The lowest BCUT2D eigenvalue weighted by molar-refractivity contribution is -0.149. The number of rotatable bonds is 7. The molecule has 1 unspecified atom stereocenters. The molecule has 108 valence electrons. The average molecular weight is 273 g/mol. The van der Waals surface area contributed by atoms with Gasteiger partial charge in [-0.1, -0.05) is 49.4 Å². The lowest BCUT2D eigenvalue weighted by Crippen LogP contribution is -2.37. The van der Waals surface area contributed by atoms with E-state index in [1.165, 1.54) is 0 Å². The fourth-order valence-corrected chi connectivity index (χ4v) is 1.88. The number of carbonyl (C=O) groups excluding carboxylic acids is 1. The number of ether oxygens (including phenoxy) is 1. The molecule has 0 amide bonds. The van der Waals surface area contributed by atoms with Gasteiger partial charge in [0.25, 0.3) is 0 Å². The molecule has 0 N–H and O–H groups in total. The predicted molar refractivity (Wildman–Crippen MR) is 83.1 cm³/mol. The Balaban J connectivity index is 3.02. The molecular formula is C17H23NO2. The highest BCUT2D eigenvalue weighted by molar-refractivity contribution is 5.87. The Morgan fingerprint density at radius 3 is 2.55 bits per heavy atom. The first-order valence-electron chi connectivity index (χ1n) is 7.07. The van der Waals surface area contributed by atoms with Crippen LogP contribution in [-0.4, -0.2) is 24.3 Å². The fourth-order valence-electron chi connectivity index (χ4n) is 1.88. The van der Waals surface area contributed by atoms with E-state index in [-0.39, 0.29) is 5.97 Å². The number of aliphatic imine (C=N–C) groups is 1. The van der Waals surface area contributed by atoms with Crippen LogP contribution in [0, 0.1) is 0 Å². The van der Waals surface area contributed by atoms with Crippen LogP contribution in [0.2, 0.25) is 0 Å². The van der Waals surface area contributed by atoms with Crippen LogP contribution < -0.4 is 0 Å². The zero-order valence-electron chi connectivity index (χ0n) is 12.5. The molecule has 0 heterocycles. The second-order valence-corrected chi connectivity index (χ2v) is 4.55. The molecule has 0 spiro atoms. The van der Waals surface area contributed by atoms with Gasteiger partial charge in [0.1, 0.15) is 0 Å². The lowest BCUT2D eigenvalue weighted by Gasteiger charge is -2.24. The maximum absolute atomic E-state index is 12.3. The average Bonchev–Trinajstić information content (AvgIpc) is 2.49. The zero-order valence-corrected chi connectivity index (χ0v) is 12.5. The Morgan fingerprint density at radius 1 is 1.30 bits per heavy atom. The van der Waals surface area contributed by atoms with E-state index in [2.05, 4.69) is 4.99 Å². The molecule has 3 heteroatoms. The number of hydrogen-bond donors (Lipinski definition) is 0. The Bertz CT molecular complexity index is 465. The highest BCUT2D eigenvalue weighted by Gasteiger charge is 2.36. The summed E-state index contributed by atoms with van der Waals surface area (Å²) in [5.41, 5.74) is 0.161. The topological polar surface area (TPSA) is 38.7 Å². The standard InChI is InChI=1S/C17H23NO2/c1-4-7-13-17(5-2,16(19)20-6-3)18-14-15-11-9-8-10-12-15/h4,7-12,14H,5-6,13H2,1-3H3. The maximum atomic E-state index is 12.3. The molecule has 1 atom stereocenters. The zero-order chi connectivity index (χ0) is 14.8. The molecule has 0 fully saturated rings. The van der Waals surface area contributed by atoms with Crippen molar-refractivity contribution in [2.75, 3.05) is 6.61 Å². The molecule has 3 nitrogen and oxygen atoms in total. The van der Waals surface area contributed by atoms with Crippen molar-refractivity contribution in [3.63, 3.8) is 0 Å². The smallest absolute Gasteiger partial charge is 0.334 e. The molecule has 1 aromatic rings. The van der Waals surface area contributed by atoms with Crippen LogP contribution in [0.5, 0.6) is 0 Å². The molecule has 0 aliphatic heterocycles. The van der Waals surface area contributed by atoms with Crippen molar-refractivity contribution in [3.8, 4) is 0 Å². The van der Waals surface area contributed by atoms with Gasteiger partial charge in [0, 0.05) is 12.6 Å². The highest BCUT2D eigenvalue weighted by atomic mass is 16.5. The first-order valence-corrected chi connectivity index (χ1v) is 7.07. The normalized spacial score (nSPS) is 14.6. The van der Waals surface area contributed by atoms with Gasteiger partial charge in [0.05, 0.1) is 6.61 Å². The van der Waals surface area contributed by atoms with Crippen LogP contribution in [0.3, 0.4) is 0 Å². The Morgan fingerprint density at radius 2 is 2.00 bits per heavy atom. The first-order chi connectivity index (χ1) is 9.68. The number of benzene rings is 1. The summed E-state index contributed by atoms with van der Waals surface area (Å²) in [4.78, 5) is 16.8. The van der Waals surface area contributed by atoms with Crippen molar-refractivity contribution in [3.05, 3.63) is 48.0 Å². The van der Waals surface area contributed by atoms with Gasteiger partial charge in [0.2, 0.25) is 0 Å². The third-order valence-electron chi connectivity index (χ3n) is 3.19. The van der Waals surface area contributed by atoms with Gasteiger partial charge in [-0.2, -0.15) is 0 Å². The van der Waals surface area contributed by atoms with E-state index in [0.717, 1.165) is 5.56 Å². The van der Waals surface area contributed by atoms with Gasteiger partial charge in [0.15, 0.2) is 5.54 Å². The summed E-state index contributed by atoms with van der Waals surface area (Å²) in [5, 5.41) is 0. The van der Waals surface area contributed by atoms with Crippen LogP contribution >= 0.6 is 0 Å². The molecule has 0 radical (unpaired) electrons. The summed E-state index contributed by atoms with van der Waals surface area (Å²) in [6.45, 7) is 6.08. The second-order valence-electron chi connectivity index (χ2n) is 4.55. The minimum absolute atomic E-state index is 0.257. The van der Waals surface area contributed by atoms with E-state index in [0.29, 0.717) is 19.4 Å². The number of nitrogens with zero attached hydrogens (tertiary/aromatic N) is 1. The SMILES string of the molecule is CC=CCC(CC)(N=Cc1ccccc1)C(=O)OCC. The van der Waals surface area contributed by atoms with Gasteiger partial charge in [-0.25, -0.2) is 4.79 Å². The largest absolute Gasteiger partial charge is 0.464 e. The summed E-state index contributed by atoms with van der Waals surface area (Å²) in [6, 6.07) is 9.78. The van der Waals surface area contributed by atoms with Crippen LogP contribution in [0.4, 0.5) is 0 Å². The lowest BCUT2D eigenvalue weighted by atomic mass is 9.92. The van der Waals surface area contributed by atoms with Crippen molar-refractivity contribution in [2.24, 2.45) is 4.99 Å². The monoisotopic (exact) mass is 273 g/mol. The van der Waals surface area contributed by atoms with Crippen molar-refractivity contribution in [1.29, 1.82) is 0 Å². The quantitative estimate of drug-likeness (QED) is 0.431. The minimum atomic E-state index is -0.821. The number of allylic oxidation sites excluding steroid dienone is 1. The van der Waals surface area contributed by atoms with Crippen LogP contribution in [-0.2, 0) is 9.53 Å². The third-order valence-corrected chi connectivity index (χ3v) is 3.19. The molecule has 0 aliphatic rings. The maximum Gasteiger partial charge on any atom is 0.334 e. The molecule has 1 rings (SSSR count). The Hall–Kier alpha value is -1.90. The minimum Gasteiger partial charge on any atom is -0.464 e. The Kier molecular flexibility index (Phi) is 6.71. The summed E-state index contributed by atoms with van der Waals surface area (Å²) in [5.74, 6) is -0.257. The summed E-state index contributed by atoms with van der Waals surface area (Å²) < 4.78 is 5.20. The van der Waals surface area contributed by atoms with E-state index in [9.17, 15) is 4.79 Å². The fraction of sp³-hybridized carbons (Fsp3) is 0.412. The van der Waals surface area contributed by atoms with Gasteiger partial charge in [-0.3, -0.25) is 4.99 Å². The Labute approximate surface area is 121 Å². The van der Waals surface area contributed by atoms with Crippen LogP contribution in [0.15, 0.2) is 47.5 Å². The van der Waals surface area contributed by atoms with E-state index in [4.69, 9.17) is 4.74 Å². The van der Waals surface area contributed by atoms with Crippen LogP contribution in [0.25, 0.3) is 0 Å².